The Morgan fingerprint density at radius 3 is 2.31 bits per heavy atom. The quantitative estimate of drug-likeness (QED) is 0.419. The van der Waals surface area contributed by atoms with Gasteiger partial charge in [0, 0.05) is 12.3 Å². The molecule has 0 aliphatic heterocycles. The van der Waals surface area contributed by atoms with E-state index < -0.39 is 17.7 Å². The number of amides is 2. The van der Waals surface area contributed by atoms with E-state index in [4.69, 9.17) is 10.9 Å². The molecule has 0 aromatic heterocycles. The van der Waals surface area contributed by atoms with Crippen molar-refractivity contribution in [1.29, 1.82) is 0 Å². The molecule has 0 fully saturated rings. The maximum absolute atomic E-state index is 10.8. The SMILES string of the molecule is CC(C)CC(CC(=O)NO)C(N)=O. The first-order valence-corrected chi connectivity index (χ1v) is 4.19. The highest BCUT2D eigenvalue weighted by Crippen LogP contribution is 2.14. The monoisotopic (exact) mass is 188 g/mol. The summed E-state index contributed by atoms with van der Waals surface area (Å²) in [6.07, 6.45) is 0.507. The molecule has 2 amide bonds. The molecule has 76 valence electrons. The van der Waals surface area contributed by atoms with Gasteiger partial charge in [0.25, 0.3) is 0 Å². The number of carbonyl (C=O) groups is 2. The van der Waals surface area contributed by atoms with Gasteiger partial charge >= 0.3 is 0 Å². The van der Waals surface area contributed by atoms with E-state index in [1.165, 1.54) is 5.48 Å². The molecule has 5 nitrogen and oxygen atoms in total. The van der Waals surface area contributed by atoms with Gasteiger partial charge in [-0.3, -0.25) is 14.8 Å². The molecule has 1 atom stereocenters. The van der Waals surface area contributed by atoms with Gasteiger partial charge < -0.3 is 5.73 Å². The Hall–Kier alpha value is -1.10. The summed E-state index contributed by atoms with van der Waals surface area (Å²) in [6, 6.07) is 0. The summed E-state index contributed by atoms with van der Waals surface area (Å²) < 4.78 is 0. The highest BCUT2D eigenvalue weighted by Gasteiger charge is 2.20. The fourth-order valence-electron chi connectivity index (χ4n) is 1.14. The number of hydrogen-bond donors (Lipinski definition) is 3. The average Bonchev–Trinajstić information content (AvgIpc) is 2.02. The molecule has 0 aromatic rings. The minimum Gasteiger partial charge on any atom is -0.369 e. The van der Waals surface area contributed by atoms with Gasteiger partial charge in [0.2, 0.25) is 11.8 Å². The molecule has 0 bridgehead atoms. The van der Waals surface area contributed by atoms with Crippen LogP contribution in [0.5, 0.6) is 0 Å². The Balaban J connectivity index is 4.10. The highest BCUT2D eigenvalue weighted by atomic mass is 16.5. The van der Waals surface area contributed by atoms with E-state index >= 15 is 0 Å². The molecule has 0 saturated carbocycles. The molecule has 13 heavy (non-hydrogen) atoms. The Bertz CT molecular complexity index is 192. The molecule has 0 aliphatic carbocycles. The van der Waals surface area contributed by atoms with Crippen LogP contribution in [0.1, 0.15) is 26.7 Å². The lowest BCUT2D eigenvalue weighted by molar-refractivity contribution is -0.134. The average molecular weight is 188 g/mol. The zero-order valence-corrected chi connectivity index (χ0v) is 7.91. The van der Waals surface area contributed by atoms with Crippen molar-refractivity contribution in [3.05, 3.63) is 0 Å². The molecule has 0 saturated heterocycles. The summed E-state index contributed by atoms with van der Waals surface area (Å²) in [6.45, 7) is 3.87. The van der Waals surface area contributed by atoms with Crippen molar-refractivity contribution in [2.24, 2.45) is 17.6 Å². The zero-order chi connectivity index (χ0) is 10.4. The number of rotatable bonds is 5. The number of hydrogen-bond acceptors (Lipinski definition) is 3. The molecule has 0 heterocycles. The van der Waals surface area contributed by atoms with Crippen molar-refractivity contribution < 1.29 is 14.8 Å². The van der Waals surface area contributed by atoms with Crippen LogP contribution in [0.25, 0.3) is 0 Å². The van der Waals surface area contributed by atoms with Gasteiger partial charge in [-0.05, 0) is 12.3 Å². The minimum absolute atomic E-state index is 0.0516. The number of primary amides is 1. The van der Waals surface area contributed by atoms with Crippen molar-refractivity contribution >= 4 is 11.8 Å². The molecule has 0 radical (unpaired) electrons. The second-order valence-electron chi connectivity index (χ2n) is 3.47. The standard InChI is InChI=1S/C8H16N2O3/c1-5(2)3-6(8(9)12)4-7(11)10-13/h5-6,13H,3-4H2,1-2H3,(H2,9,12)(H,10,11). The van der Waals surface area contributed by atoms with Crippen molar-refractivity contribution in [2.45, 2.75) is 26.7 Å². The maximum Gasteiger partial charge on any atom is 0.244 e. The molecule has 0 aromatic carbocycles. The lowest BCUT2D eigenvalue weighted by atomic mass is 9.93. The topological polar surface area (TPSA) is 92.4 Å². The van der Waals surface area contributed by atoms with Gasteiger partial charge in [-0.15, -0.1) is 0 Å². The fraction of sp³-hybridized carbons (Fsp3) is 0.750. The Morgan fingerprint density at radius 1 is 1.46 bits per heavy atom. The third-order valence-electron chi connectivity index (χ3n) is 1.71. The van der Waals surface area contributed by atoms with Crippen LogP contribution < -0.4 is 11.2 Å². The van der Waals surface area contributed by atoms with Crippen LogP contribution in [-0.4, -0.2) is 17.0 Å². The Morgan fingerprint density at radius 2 is 2.00 bits per heavy atom. The second kappa shape index (κ2) is 5.53. The fourth-order valence-corrected chi connectivity index (χ4v) is 1.14. The molecule has 0 aliphatic rings. The van der Waals surface area contributed by atoms with Crippen molar-refractivity contribution in [2.75, 3.05) is 0 Å². The summed E-state index contributed by atoms with van der Waals surface area (Å²) in [5.41, 5.74) is 6.56. The van der Waals surface area contributed by atoms with Crippen LogP contribution in [-0.2, 0) is 9.59 Å². The van der Waals surface area contributed by atoms with E-state index in [-0.39, 0.29) is 6.42 Å². The van der Waals surface area contributed by atoms with Gasteiger partial charge in [0.15, 0.2) is 0 Å². The molecule has 0 rings (SSSR count). The zero-order valence-electron chi connectivity index (χ0n) is 7.91. The van der Waals surface area contributed by atoms with Crippen LogP contribution in [0.15, 0.2) is 0 Å². The van der Waals surface area contributed by atoms with Crippen LogP contribution in [0, 0.1) is 11.8 Å². The van der Waals surface area contributed by atoms with Crippen molar-refractivity contribution in [3.8, 4) is 0 Å². The Labute approximate surface area is 77.3 Å². The number of nitrogens with two attached hydrogens (primary N) is 1. The lowest BCUT2D eigenvalue weighted by Crippen LogP contribution is -2.30. The van der Waals surface area contributed by atoms with E-state index in [9.17, 15) is 9.59 Å². The predicted octanol–water partition coefficient (Wildman–Crippen LogP) is 0.0295. The Kier molecular flexibility index (Phi) is 5.06. The third-order valence-corrected chi connectivity index (χ3v) is 1.71. The predicted molar refractivity (Wildman–Crippen MR) is 46.7 cm³/mol. The van der Waals surface area contributed by atoms with Gasteiger partial charge in [-0.25, -0.2) is 5.48 Å². The van der Waals surface area contributed by atoms with E-state index in [1.54, 1.807) is 0 Å². The largest absolute Gasteiger partial charge is 0.369 e. The summed E-state index contributed by atoms with van der Waals surface area (Å²) in [5.74, 6) is -1.28. The van der Waals surface area contributed by atoms with Crippen molar-refractivity contribution in [3.63, 3.8) is 0 Å². The van der Waals surface area contributed by atoms with Crippen molar-refractivity contribution in [1.82, 2.24) is 5.48 Å². The smallest absolute Gasteiger partial charge is 0.244 e. The molecule has 1 unspecified atom stereocenters. The number of carbonyl (C=O) groups excluding carboxylic acids is 2. The second-order valence-corrected chi connectivity index (χ2v) is 3.47. The number of nitrogens with one attached hydrogen (secondary N) is 1. The van der Waals surface area contributed by atoms with Crippen LogP contribution >= 0.6 is 0 Å². The molecule has 5 heteroatoms. The summed E-state index contributed by atoms with van der Waals surface area (Å²) >= 11 is 0. The normalized spacial score (nSPS) is 12.6. The van der Waals surface area contributed by atoms with E-state index in [2.05, 4.69) is 0 Å². The molecular formula is C8H16N2O3. The minimum atomic E-state index is -0.579. The first kappa shape index (κ1) is 11.9. The van der Waals surface area contributed by atoms with E-state index in [0.717, 1.165) is 0 Å². The first-order chi connectivity index (χ1) is 5.97. The molecule has 4 N–H and O–H groups in total. The first-order valence-electron chi connectivity index (χ1n) is 4.19. The summed E-state index contributed by atoms with van der Waals surface area (Å²) in [5, 5.41) is 8.25. The highest BCUT2D eigenvalue weighted by molar-refractivity contribution is 5.84. The van der Waals surface area contributed by atoms with Crippen LogP contribution in [0.4, 0.5) is 0 Å². The molecule has 0 spiro atoms. The number of hydroxylamine groups is 1. The third kappa shape index (κ3) is 5.19. The van der Waals surface area contributed by atoms with Gasteiger partial charge in [0.1, 0.15) is 0 Å². The lowest BCUT2D eigenvalue weighted by Gasteiger charge is -2.13. The van der Waals surface area contributed by atoms with Gasteiger partial charge in [-0.2, -0.15) is 0 Å². The van der Waals surface area contributed by atoms with Gasteiger partial charge in [0.05, 0.1) is 0 Å². The van der Waals surface area contributed by atoms with Crippen LogP contribution in [0.3, 0.4) is 0 Å². The summed E-state index contributed by atoms with van der Waals surface area (Å²) in [4.78, 5) is 21.6. The molecular weight excluding hydrogens is 172 g/mol. The maximum atomic E-state index is 10.8. The van der Waals surface area contributed by atoms with E-state index in [0.29, 0.717) is 12.3 Å². The van der Waals surface area contributed by atoms with E-state index in [1.807, 2.05) is 13.8 Å². The van der Waals surface area contributed by atoms with Gasteiger partial charge in [-0.1, -0.05) is 13.8 Å². The summed E-state index contributed by atoms with van der Waals surface area (Å²) in [7, 11) is 0. The van der Waals surface area contributed by atoms with Crippen LogP contribution in [0.2, 0.25) is 0 Å².